The molecule has 13 heavy (non-hydrogen) atoms. The molecule has 0 radical (unpaired) electrons. The fourth-order valence-electron chi connectivity index (χ4n) is 1.34. The van der Waals surface area contributed by atoms with E-state index in [1.807, 2.05) is 24.4 Å². The SMILES string of the molecule is C=CC(N)c1cnn2ccccc12. The van der Waals surface area contributed by atoms with Crippen LogP contribution in [0.5, 0.6) is 0 Å². The first-order valence-electron chi connectivity index (χ1n) is 4.13. The number of nitrogens with two attached hydrogens (primary N) is 1. The predicted octanol–water partition coefficient (Wildman–Crippen LogP) is 1.52. The van der Waals surface area contributed by atoms with Gasteiger partial charge in [-0.1, -0.05) is 12.1 Å². The molecule has 0 spiro atoms. The lowest BCUT2D eigenvalue weighted by molar-refractivity contribution is 0.924. The van der Waals surface area contributed by atoms with Gasteiger partial charge >= 0.3 is 0 Å². The van der Waals surface area contributed by atoms with Crippen molar-refractivity contribution < 1.29 is 0 Å². The van der Waals surface area contributed by atoms with Crippen molar-refractivity contribution in [1.29, 1.82) is 0 Å². The summed E-state index contributed by atoms with van der Waals surface area (Å²) in [4.78, 5) is 0. The van der Waals surface area contributed by atoms with Gasteiger partial charge in [-0.3, -0.25) is 0 Å². The number of fused-ring (bicyclic) bond motifs is 1. The summed E-state index contributed by atoms with van der Waals surface area (Å²) in [5.74, 6) is 0. The highest BCUT2D eigenvalue weighted by molar-refractivity contribution is 5.55. The molecule has 3 heteroatoms. The summed E-state index contributed by atoms with van der Waals surface area (Å²) in [7, 11) is 0. The topological polar surface area (TPSA) is 43.3 Å². The molecule has 3 nitrogen and oxygen atoms in total. The van der Waals surface area contributed by atoms with Crippen LogP contribution >= 0.6 is 0 Å². The second-order valence-electron chi connectivity index (χ2n) is 2.89. The Hall–Kier alpha value is -1.61. The van der Waals surface area contributed by atoms with Gasteiger partial charge in [-0.05, 0) is 12.1 Å². The lowest BCUT2D eigenvalue weighted by Gasteiger charge is -2.02. The Bertz CT molecular complexity index is 430. The Kier molecular flexibility index (Phi) is 1.87. The molecule has 2 aromatic rings. The number of rotatable bonds is 2. The van der Waals surface area contributed by atoms with Gasteiger partial charge in [0.2, 0.25) is 0 Å². The molecule has 1 atom stereocenters. The van der Waals surface area contributed by atoms with Crippen LogP contribution < -0.4 is 5.73 Å². The number of nitrogens with zero attached hydrogens (tertiary/aromatic N) is 2. The monoisotopic (exact) mass is 173 g/mol. The van der Waals surface area contributed by atoms with Crippen molar-refractivity contribution in [3.63, 3.8) is 0 Å². The minimum absolute atomic E-state index is 0.139. The Morgan fingerprint density at radius 2 is 2.38 bits per heavy atom. The van der Waals surface area contributed by atoms with Crippen LogP contribution in [-0.4, -0.2) is 9.61 Å². The van der Waals surface area contributed by atoms with E-state index in [0.29, 0.717) is 0 Å². The number of hydrogen-bond donors (Lipinski definition) is 1. The normalized spacial score (nSPS) is 13.0. The van der Waals surface area contributed by atoms with E-state index in [0.717, 1.165) is 11.1 Å². The van der Waals surface area contributed by atoms with Crippen molar-refractivity contribution in [3.05, 3.63) is 48.8 Å². The molecule has 2 N–H and O–H groups in total. The van der Waals surface area contributed by atoms with Gasteiger partial charge in [-0.15, -0.1) is 6.58 Å². The van der Waals surface area contributed by atoms with Gasteiger partial charge in [-0.25, -0.2) is 4.52 Å². The highest BCUT2D eigenvalue weighted by Crippen LogP contribution is 2.16. The molecule has 0 saturated carbocycles. The molecule has 1 unspecified atom stereocenters. The van der Waals surface area contributed by atoms with E-state index in [9.17, 15) is 0 Å². The molecule has 2 heterocycles. The third-order valence-corrected chi connectivity index (χ3v) is 2.07. The molecule has 0 aliphatic rings. The zero-order chi connectivity index (χ0) is 9.26. The third kappa shape index (κ3) is 1.23. The van der Waals surface area contributed by atoms with Crippen molar-refractivity contribution in [2.24, 2.45) is 5.73 Å². The maximum atomic E-state index is 5.83. The first-order chi connectivity index (χ1) is 6.33. The van der Waals surface area contributed by atoms with Gasteiger partial charge in [0.15, 0.2) is 0 Å². The van der Waals surface area contributed by atoms with Gasteiger partial charge in [-0.2, -0.15) is 5.10 Å². The molecule has 0 aliphatic carbocycles. The van der Waals surface area contributed by atoms with E-state index in [-0.39, 0.29) is 6.04 Å². The second-order valence-corrected chi connectivity index (χ2v) is 2.89. The Balaban J connectivity index is 2.64. The van der Waals surface area contributed by atoms with Crippen LogP contribution in [-0.2, 0) is 0 Å². The lowest BCUT2D eigenvalue weighted by atomic mass is 10.1. The fourth-order valence-corrected chi connectivity index (χ4v) is 1.34. The van der Waals surface area contributed by atoms with Gasteiger partial charge in [0, 0.05) is 11.8 Å². The molecule has 0 bridgehead atoms. The Morgan fingerprint density at radius 1 is 1.54 bits per heavy atom. The average molecular weight is 173 g/mol. The van der Waals surface area contributed by atoms with Crippen LogP contribution in [0.15, 0.2) is 43.2 Å². The van der Waals surface area contributed by atoms with Gasteiger partial charge in [0.25, 0.3) is 0 Å². The standard InChI is InChI=1S/C10H11N3/c1-2-9(11)8-7-12-13-6-4-3-5-10(8)13/h2-7,9H,1,11H2. The van der Waals surface area contributed by atoms with Crippen LogP contribution in [0.2, 0.25) is 0 Å². The summed E-state index contributed by atoms with van der Waals surface area (Å²) in [6.45, 7) is 3.66. The van der Waals surface area contributed by atoms with Crippen molar-refractivity contribution in [2.75, 3.05) is 0 Å². The predicted molar refractivity (Wildman–Crippen MR) is 52.3 cm³/mol. The summed E-state index contributed by atoms with van der Waals surface area (Å²) in [6.07, 6.45) is 5.39. The zero-order valence-electron chi connectivity index (χ0n) is 7.22. The molecule has 0 fully saturated rings. The largest absolute Gasteiger partial charge is 0.321 e. The fraction of sp³-hybridized carbons (Fsp3) is 0.100. The number of pyridine rings is 1. The van der Waals surface area contributed by atoms with Crippen LogP contribution in [0.3, 0.4) is 0 Å². The second kappa shape index (κ2) is 3.03. The Morgan fingerprint density at radius 3 is 3.15 bits per heavy atom. The summed E-state index contributed by atoms with van der Waals surface area (Å²) < 4.78 is 1.80. The maximum absolute atomic E-state index is 5.83. The quantitative estimate of drug-likeness (QED) is 0.700. The summed E-state index contributed by atoms with van der Waals surface area (Å²) >= 11 is 0. The van der Waals surface area contributed by atoms with E-state index >= 15 is 0 Å². The van der Waals surface area contributed by atoms with Crippen molar-refractivity contribution >= 4 is 5.52 Å². The lowest BCUT2D eigenvalue weighted by Crippen LogP contribution is -2.05. The first kappa shape index (κ1) is 8.01. The average Bonchev–Trinajstić information content (AvgIpc) is 2.60. The van der Waals surface area contributed by atoms with Crippen LogP contribution in [0.25, 0.3) is 5.52 Å². The van der Waals surface area contributed by atoms with E-state index < -0.39 is 0 Å². The van der Waals surface area contributed by atoms with E-state index in [1.54, 1.807) is 16.8 Å². The first-order valence-corrected chi connectivity index (χ1v) is 4.13. The van der Waals surface area contributed by atoms with Crippen molar-refractivity contribution in [2.45, 2.75) is 6.04 Å². The van der Waals surface area contributed by atoms with Crippen LogP contribution in [0.1, 0.15) is 11.6 Å². The minimum Gasteiger partial charge on any atom is -0.321 e. The Labute approximate surface area is 76.5 Å². The van der Waals surface area contributed by atoms with E-state index in [1.165, 1.54) is 0 Å². The molecule has 0 aromatic carbocycles. The van der Waals surface area contributed by atoms with E-state index in [4.69, 9.17) is 5.73 Å². The molecule has 0 saturated heterocycles. The van der Waals surface area contributed by atoms with Crippen LogP contribution in [0, 0.1) is 0 Å². The summed E-state index contributed by atoms with van der Waals surface area (Å²) in [5.41, 5.74) is 7.88. The third-order valence-electron chi connectivity index (χ3n) is 2.07. The smallest absolute Gasteiger partial charge is 0.0712 e. The van der Waals surface area contributed by atoms with Gasteiger partial charge < -0.3 is 5.73 Å². The van der Waals surface area contributed by atoms with Crippen molar-refractivity contribution in [1.82, 2.24) is 9.61 Å². The maximum Gasteiger partial charge on any atom is 0.0712 e. The molecule has 66 valence electrons. The van der Waals surface area contributed by atoms with E-state index in [2.05, 4.69) is 11.7 Å². The molecule has 2 aromatic heterocycles. The van der Waals surface area contributed by atoms with Gasteiger partial charge in [0.05, 0.1) is 17.8 Å². The molecule has 0 amide bonds. The molecule has 0 aliphatic heterocycles. The zero-order valence-corrected chi connectivity index (χ0v) is 7.22. The van der Waals surface area contributed by atoms with Crippen molar-refractivity contribution in [3.8, 4) is 0 Å². The summed E-state index contributed by atoms with van der Waals surface area (Å²) in [5, 5.41) is 4.18. The minimum atomic E-state index is -0.139. The molecular weight excluding hydrogens is 162 g/mol. The molecule has 2 rings (SSSR count). The van der Waals surface area contributed by atoms with Gasteiger partial charge in [0.1, 0.15) is 0 Å². The highest BCUT2D eigenvalue weighted by atomic mass is 15.2. The highest BCUT2D eigenvalue weighted by Gasteiger charge is 2.07. The molecular formula is C10H11N3. The summed E-state index contributed by atoms with van der Waals surface area (Å²) in [6, 6.07) is 5.76. The van der Waals surface area contributed by atoms with Crippen LogP contribution in [0.4, 0.5) is 0 Å². The number of aromatic nitrogens is 2. The number of hydrogen-bond acceptors (Lipinski definition) is 2.